The third-order valence-corrected chi connectivity index (χ3v) is 2.56. The van der Waals surface area contributed by atoms with Crippen LogP contribution in [0.2, 0.25) is 0 Å². The van der Waals surface area contributed by atoms with Gasteiger partial charge in [-0.1, -0.05) is 40.4 Å². The molecule has 0 aromatic heterocycles. The van der Waals surface area contributed by atoms with E-state index >= 15 is 0 Å². The molecule has 0 N–H and O–H groups in total. The first-order valence-electron chi connectivity index (χ1n) is 3.03. The largest absolute Gasteiger partial charge is 2.00 e. The molecule has 12 heavy (non-hydrogen) atoms. The van der Waals surface area contributed by atoms with Crippen LogP contribution < -0.4 is 24.8 Å². The molecular weight excluding hydrogens is 280 g/mol. The summed E-state index contributed by atoms with van der Waals surface area (Å²) in [6.45, 7) is 0. The van der Waals surface area contributed by atoms with E-state index in [1.54, 1.807) is 0 Å². The summed E-state index contributed by atoms with van der Waals surface area (Å²) in [5, 5.41) is 0. The molecule has 0 nitrogen and oxygen atoms in total. The van der Waals surface area contributed by atoms with Crippen LogP contribution in [0.5, 0.6) is 0 Å². The Bertz CT molecular complexity index is 172. The molecule has 0 aliphatic carbocycles. The Morgan fingerprint density at radius 3 is 2.00 bits per heavy atom. The topological polar surface area (TPSA) is 0 Å². The van der Waals surface area contributed by atoms with Crippen molar-refractivity contribution < 1.29 is 44.3 Å². The molecule has 0 bridgehead atoms. The molecule has 0 atom stereocenters. The average molecular weight is 287 g/mol. The Morgan fingerprint density at radius 2 is 1.58 bits per heavy atom. The number of hydrogen-bond donors (Lipinski definition) is 0. The molecule has 0 heterocycles. The first-order chi connectivity index (χ1) is 4.43. The van der Waals surface area contributed by atoms with Crippen molar-refractivity contribution in [3.8, 4) is 0 Å². The second-order valence-electron chi connectivity index (χ2n) is 1.92. The summed E-state index contributed by atoms with van der Waals surface area (Å²) < 4.78 is 1.11. The van der Waals surface area contributed by atoms with Crippen LogP contribution in [-0.2, 0) is 24.0 Å². The van der Waals surface area contributed by atoms with E-state index in [2.05, 4.69) is 24.3 Å². The average Bonchev–Trinajstić information content (AvgIpc) is 1.91. The Morgan fingerprint density at radius 1 is 1.08 bits per heavy atom. The standard InChI is InChI=1S/C7H7.3ClH.Mg.Zn/c1-7-5-3-2-4-6-7;;;;;/h2-6H,1H2;3*1H;;/q;;;;+1;+2/p-3. The van der Waals surface area contributed by atoms with Gasteiger partial charge in [-0.3, -0.25) is 0 Å². The number of rotatable bonds is 2. The van der Waals surface area contributed by atoms with Gasteiger partial charge in [0.25, 0.3) is 0 Å². The van der Waals surface area contributed by atoms with Crippen molar-refractivity contribution in [2.24, 2.45) is 0 Å². The van der Waals surface area contributed by atoms with E-state index in [0.29, 0.717) is 0 Å². The van der Waals surface area contributed by atoms with Crippen molar-refractivity contribution in [1.82, 2.24) is 0 Å². The summed E-state index contributed by atoms with van der Waals surface area (Å²) in [4.78, 5) is 0. The van der Waals surface area contributed by atoms with Crippen LogP contribution >= 0.6 is 9.07 Å². The Balaban J connectivity index is -0.000000270. The first kappa shape index (κ1) is 19.1. The van der Waals surface area contributed by atoms with Crippen LogP contribution in [0.15, 0.2) is 30.3 Å². The van der Waals surface area contributed by atoms with E-state index in [9.17, 15) is 0 Å². The summed E-state index contributed by atoms with van der Waals surface area (Å²) in [5.41, 5.74) is 1.37. The smallest absolute Gasteiger partial charge is 1.00 e. The molecule has 1 aromatic carbocycles. The molecule has 0 aliphatic heterocycles. The van der Waals surface area contributed by atoms with Crippen LogP contribution in [0.1, 0.15) is 5.56 Å². The number of benzene rings is 1. The molecule has 0 radical (unpaired) electrons. The maximum absolute atomic E-state index is 5.67. The van der Waals surface area contributed by atoms with Gasteiger partial charge in [-0.15, -0.1) is 0 Å². The molecule has 0 fully saturated rings. The molecule has 0 aliphatic rings. The Hall–Kier alpha value is 1.48. The Labute approximate surface area is 112 Å². The molecule has 0 unspecified atom stereocenters. The van der Waals surface area contributed by atoms with Crippen molar-refractivity contribution >= 4 is 28.3 Å². The minimum absolute atomic E-state index is 0. The van der Waals surface area contributed by atoms with E-state index in [0.717, 1.165) is 4.55 Å². The monoisotopic (exact) mass is 284 g/mol. The predicted octanol–water partition coefficient (Wildman–Crippen LogP) is -3.95. The minimum atomic E-state index is -0.312. The zero-order chi connectivity index (χ0) is 6.53. The van der Waals surface area contributed by atoms with Crippen molar-refractivity contribution in [2.75, 3.05) is 0 Å². The van der Waals surface area contributed by atoms with Gasteiger partial charge in [-0.25, -0.2) is 0 Å². The SMILES string of the molecule is [Cl-].[Cl-].[Cl][Mg][CH2]c1ccccc1.[Zn+2]. The van der Waals surface area contributed by atoms with Crippen LogP contribution in [0, 0.1) is 0 Å². The third kappa shape index (κ3) is 8.09. The number of hydrogen-bond acceptors (Lipinski definition) is 0. The van der Waals surface area contributed by atoms with E-state index in [-0.39, 0.29) is 63.6 Å². The number of halogens is 3. The maximum atomic E-state index is 5.67. The minimum Gasteiger partial charge on any atom is -1.00 e. The zero-order valence-corrected chi connectivity index (χ0v) is 13.3. The van der Waals surface area contributed by atoms with Crippen LogP contribution in [-0.4, -0.2) is 19.3 Å². The van der Waals surface area contributed by atoms with Crippen LogP contribution in [0.3, 0.4) is 0 Å². The quantitative estimate of drug-likeness (QED) is 0.487. The summed E-state index contributed by atoms with van der Waals surface area (Å²) in [6, 6.07) is 10.4. The second-order valence-corrected chi connectivity index (χ2v) is 3.94. The van der Waals surface area contributed by atoms with E-state index in [4.69, 9.17) is 9.07 Å². The molecular formula is C7H7Cl3MgZn. The van der Waals surface area contributed by atoms with Gasteiger partial charge in [-0.05, 0) is 0 Å². The van der Waals surface area contributed by atoms with Gasteiger partial charge in [0.2, 0.25) is 0 Å². The molecule has 1 aromatic rings. The van der Waals surface area contributed by atoms with E-state index < -0.39 is 0 Å². The summed E-state index contributed by atoms with van der Waals surface area (Å²) in [6.07, 6.45) is 0. The molecule has 60 valence electrons. The molecule has 5 heteroatoms. The van der Waals surface area contributed by atoms with Crippen molar-refractivity contribution in [3.05, 3.63) is 35.9 Å². The second kappa shape index (κ2) is 12.5. The van der Waals surface area contributed by atoms with Crippen molar-refractivity contribution in [1.29, 1.82) is 0 Å². The maximum Gasteiger partial charge on any atom is 2.00 e. The van der Waals surface area contributed by atoms with Gasteiger partial charge in [0.05, 0.1) is 0 Å². The molecule has 0 amide bonds. The Kier molecular flexibility index (Phi) is 19.9. The summed E-state index contributed by atoms with van der Waals surface area (Å²) in [7, 11) is 5.67. The van der Waals surface area contributed by atoms with Gasteiger partial charge in [-0.2, -0.15) is 0 Å². The van der Waals surface area contributed by atoms with Gasteiger partial charge in [0.15, 0.2) is 0 Å². The predicted molar refractivity (Wildman–Crippen MR) is 41.8 cm³/mol. The van der Waals surface area contributed by atoms with Crippen LogP contribution in [0.4, 0.5) is 0 Å². The molecule has 1 rings (SSSR count). The van der Waals surface area contributed by atoms with E-state index in [1.165, 1.54) is 5.56 Å². The van der Waals surface area contributed by atoms with Crippen molar-refractivity contribution in [2.45, 2.75) is 4.55 Å². The third-order valence-electron chi connectivity index (χ3n) is 1.23. The van der Waals surface area contributed by atoms with Gasteiger partial charge in [0, 0.05) is 0 Å². The van der Waals surface area contributed by atoms with Gasteiger partial charge >= 0.3 is 38.7 Å². The fourth-order valence-electron chi connectivity index (χ4n) is 0.754. The van der Waals surface area contributed by atoms with Crippen molar-refractivity contribution in [3.63, 3.8) is 0 Å². The normalized spacial score (nSPS) is 6.42. The van der Waals surface area contributed by atoms with Gasteiger partial charge < -0.3 is 33.9 Å². The molecule has 0 spiro atoms. The zero-order valence-electron chi connectivity index (χ0n) is 6.64. The summed E-state index contributed by atoms with van der Waals surface area (Å²) >= 11 is -0.312. The fourth-order valence-corrected chi connectivity index (χ4v) is 1.96. The molecule has 0 saturated heterocycles. The first-order valence-corrected chi connectivity index (χ1v) is 6.17. The van der Waals surface area contributed by atoms with Gasteiger partial charge in [0.1, 0.15) is 0 Å². The summed E-state index contributed by atoms with van der Waals surface area (Å²) in [5.74, 6) is 0. The molecule has 0 saturated carbocycles. The fraction of sp³-hybridized carbons (Fsp3) is 0.143. The van der Waals surface area contributed by atoms with E-state index in [1.807, 2.05) is 6.07 Å². The van der Waals surface area contributed by atoms with Crippen LogP contribution in [0.25, 0.3) is 0 Å².